The topological polar surface area (TPSA) is 57.5 Å². The first kappa shape index (κ1) is 25.5. The number of carboxylic acids is 1. The molecule has 3 aromatic rings. The molecule has 35 heavy (non-hydrogen) atoms. The molecule has 0 saturated heterocycles. The van der Waals surface area contributed by atoms with E-state index < -0.39 is 5.97 Å². The molecular formula is C30H41N3O2. The van der Waals surface area contributed by atoms with Crippen LogP contribution in [0.15, 0.2) is 48.5 Å². The second kappa shape index (κ2) is 11.9. The minimum absolute atomic E-state index is 0.396. The van der Waals surface area contributed by atoms with Gasteiger partial charge in [-0.2, -0.15) is 0 Å². The number of rotatable bonds is 11. The van der Waals surface area contributed by atoms with E-state index in [2.05, 4.69) is 49.2 Å². The lowest BCUT2D eigenvalue weighted by Crippen LogP contribution is -2.45. The van der Waals surface area contributed by atoms with E-state index in [-0.39, 0.29) is 0 Å². The first-order valence-corrected chi connectivity index (χ1v) is 13.4. The van der Waals surface area contributed by atoms with Gasteiger partial charge < -0.3 is 15.0 Å². The lowest BCUT2D eigenvalue weighted by molar-refractivity contribution is 0.0684. The average molecular weight is 476 g/mol. The summed E-state index contributed by atoms with van der Waals surface area (Å²) in [7, 11) is 0. The molecule has 1 aromatic heterocycles. The Hall–Kier alpha value is -2.63. The zero-order chi connectivity index (χ0) is 24.8. The van der Waals surface area contributed by atoms with Gasteiger partial charge in [0.15, 0.2) is 0 Å². The Labute approximate surface area is 210 Å². The minimum Gasteiger partial charge on any atom is -0.477 e. The summed E-state index contributed by atoms with van der Waals surface area (Å²) in [5.41, 5.74) is 4.58. The van der Waals surface area contributed by atoms with Crippen LogP contribution >= 0.6 is 0 Å². The normalized spacial score (nSPS) is 15.7. The number of nitrogens with zero attached hydrogens (tertiary/aromatic N) is 2. The second-order valence-electron chi connectivity index (χ2n) is 10.1. The van der Waals surface area contributed by atoms with Gasteiger partial charge in [-0.3, -0.25) is 4.90 Å². The maximum absolute atomic E-state index is 12.5. The largest absolute Gasteiger partial charge is 0.477 e. The molecule has 1 fully saturated rings. The first-order chi connectivity index (χ1) is 17.0. The van der Waals surface area contributed by atoms with Crippen LogP contribution in [0.5, 0.6) is 0 Å². The molecule has 0 bridgehead atoms. The maximum atomic E-state index is 12.5. The van der Waals surface area contributed by atoms with Gasteiger partial charge in [0, 0.05) is 54.7 Å². The maximum Gasteiger partial charge on any atom is 0.352 e. The van der Waals surface area contributed by atoms with E-state index >= 15 is 0 Å². The van der Waals surface area contributed by atoms with Crippen LogP contribution in [0.4, 0.5) is 0 Å². The Balaban J connectivity index is 1.54. The third kappa shape index (κ3) is 5.79. The first-order valence-electron chi connectivity index (χ1n) is 13.4. The summed E-state index contributed by atoms with van der Waals surface area (Å²) in [6.45, 7) is 9.67. The molecular weight excluding hydrogens is 434 g/mol. The molecule has 0 aliphatic heterocycles. The van der Waals surface area contributed by atoms with Crippen molar-refractivity contribution in [2.24, 2.45) is 0 Å². The van der Waals surface area contributed by atoms with E-state index in [1.165, 1.54) is 37.7 Å². The molecule has 188 valence electrons. The molecule has 1 saturated carbocycles. The van der Waals surface area contributed by atoms with Crippen LogP contribution in [-0.4, -0.2) is 45.7 Å². The van der Waals surface area contributed by atoms with Gasteiger partial charge in [-0.25, -0.2) is 4.79 Å². The van der Waals surface area contributed by atoms with Crippen LogP contribution in [0, 0.1) is 6.92 Å². The molecule has 1 aliphatic carbocycles. The Morgan fingerprint density at radius 1 is 1.11 bits per heavy atom. The van der Waals surface area contributed by atoms with Crippen molar-refractivity contribution in [1.82, 2.24) is 14.8 Å². The number of aromatic nitrogens is 1. The van der Waals surface area contributed by atoms with Crippen molar-refractivity contribution >= 4 is 16.9 Å². The number of carboxylic acid groups (broad SMARTS) is 1. The fraction of sp³-hybridized carbons (Fsp3) is 0.500. The Morgan fingerprint density at radius 3 is 2.54 bits per heavy atom. The quantitative estimate of drug-likeness (QED) is 0.323. The van der Waals surface area contributed by atoms with E-state index in [0.717, 1.165) is 41.5 Å². The molecule has 1 heterocycles. The van der Waals surface area contributed by atoms with Gasteiger partial charge in [-0.05, 0) is 50.3 Å². The molecule has 2 N–H and O–H groups in total. The highest BCUT2D eigenvalue weighted by Gasteiger charge is 2.25. The second-order valence-corrected chi connectivity index (χ2v) is 10.1. The number of aromatic carboxylic acids is 1. The highest BCUT2D eigenvalue weighted by atomic mass is 16.4. The lowest BCUT2D eigenvalue weighted by Gasteiger charge is -2.38. The van der Waals surface area contributed by atoms with Crippen molar-refractivity contribution in [1.29, 1.82) is 0 Å². The predicted molar refractivity (Wildman–Crippen MR) is 144 cm³/mol. The molecule has 1 atom stereocenters. The van der Waals surface area contributed by atoms with Gasteiger partial charge >= 0.3 is 5.97 Å². The molecule has 5 nitrogen and oxygen atoms in total. The summed E-state index contributed by atoms with van der Waals surface area (Å²) >= 11 is 0. The summed E-state index contributed by atoms with van der Waals surface area (Å²) in [5.74, 6) is -0.866. The number of para-hydroxylation sites is 1. The molecule has 4 rings (SSSR count). The predicted octanol–water partition coefficient (Wildman–Crippen LogP) is 6.22. The summed E-state index contributed by atoms with van der Waals surface area (Å²) in [4.78, 5) is 15.2. The van der Waals surface area contributed by atoms with Crippen LogP contribution in [0.1, 0.15) is 79.6 Å². The summed E-state index contributed by atoms with van der Waals surface area (Å²) in [5, 5.41) is 14.9. The zero-order valence-corrected chi connectivity index (χ0v) is 21.6. The number of fused-ring (bicyclic) bond motifs is 1. The Kier molecular flexibility index (Phi) is 8.64. The molecule has 0 radical (unpaired) electrons. The van der Waals surface area contributed by atoms with Gasteiger partial charge in [-0.15, -0.1) is 0 Å². The molecule has 0 amide bonds. The highest BCUT2D eigenvalue weighted by Crippen LogP contribution is 2.28. The molecule has 2 aromatic carbocycles. The number of nitrogens with one attached hydrogen (secondary N) is 1. The van der Waals surface area contributed by atoms with E-state index in [9.17, 15) is 9.90 Å². The highest BCUT2D eigenvalue weighted by molar-refractivity contribution is 5.98. The SMILES string of the molecule is CC[C@@H](C)N(CCNCc1c(C(=O)O)n(Cc2ccccc2C)c2ccccc12)C1CCCCC1. The van der Waals surface area contributed by atoms with Crippen LogP contribution in [-0.2, 0) is 13.1 Å². The van der Waals surface area contributed by atoms with Gasteiger partial charge in [0.2, 0.25) is 0 Å². The third-order valence-electron chi connectivity index (χ3n) is 7.92. The van der Waals surface area contributed by atoms with Gasteiger partial charge in [0.05, 0.1) is 0 Å². The van der Waals surface area contributed by atoms with E-state index in [0.29, 0.717) is 30.9 Å². The fourth-order valence-electron chi connectivity index (χ4n) is 5.75. The van der Waals surface area contributed by atoms with Crippen molar-refractivity contribution in [3.05, 3.63) is 70.9 Å². The summed E-state index contributed by atoms with van der Waals surface area (Å²) in [6.07, 6.45) is 7.82. The monoisotopic (exact) mass is 475 g/mol. The fourth-order valence-corrected chi connectivity index (χ4v) is 5.75. The van der Waals surface area contributed by atoms with Crippen LogP contribution in [0.3, 0.4) is 0 Å². The Morgan fingerprint density at radius 2 is 1.83 bits per heavy atom. The van der Waals surface area contributed by atoms with Crippen molar-refractivity contribution in [3.63, 3.8) is 0 Å². The van der Waals surface area contributed by atoms with Crippen LogP contribution in [0.25, 0.3) is 10.9 Å². The molecule has 5 heteroatoms. The van der Waals surface area contributed by atoms with E-state index in [1.54, 1.807) is 0 Å². The molecule has 0 unspecified atom stereocenters. The van der Waals surface area contributed by atoms with Crippen molar-refractivity contribution in [3.8, 4) is 0 Å². The van der Waals surface area contributed by atoms with Crippen molar-refractivity contribution < 1.29 is 9.90 Å². The van der Waals surface area contributed by atoms with Gasteiger partial charge in [-0.1, -0.05) is 68.7 Å². The number of hydrogen-bond acceptors (Lipinski definition) is 3. The number of hydrogen-bond donors (Lipinski definition) is 2. The minimum atomic E-state index is -0.866. The van der Waals surface area contributed by atoms with Crippen molar-refractivity contribution in [2.45, 2.75) is 84.5 Å². The van der Waals surface area contributed by atoms with E-state index in [1.807, 2.05) is 34.9 Å². The molecule has 1 aliphatic rings. The smallest absolute Gasteiger partial charge is 0.352 e. The zero-order valence-electron chi connectivity index (χ0n) is 21.6. The number of benzene rings is 2. The lowest BCUT2D eigenvalue weighted by atomic mass is 9.93. The average Bonchev–Trinajstić information content (AvgIpc) is 3.19. The summed E-state index contributed by atoms with van der Waals surface area (Å²) < 4.78 is 1.98. The molecule has 0 spiro atoms. The third-order valence-corrected chi connectivity index (χ3v) is 7.92. The van der Waals surface area contributed by atoms with Crippen LogP contribution < -0.4 is 5.32 Å². The standard InChI is InChI=1S/C30H41N3O2/c1-4-23(3)32(25-14-6-5-7-15-25)19-18-31-20-27-26-16-10-11-17-28(26)33(29(27)30(34)35)21-24-13-9-8-12-22(24)2/h8-13,16-17,23,25,31H,4-7,14-15,18-21H2,1-3H3,(H,34,35)/t23-/m1/s1. The van der Waals surface area contributed by atoms with Crippen LogP contribution in [0.2, 0.25) is 0 Å². The summed E-state index contributed by atoms with van der Waals surface area (Å²) in [6, 6.07) is 17.6. The number of aryl methyl sites for hydroxylation is 1. The van der Waals surface area contributed by atoms with Gasteiger partial charge in [0.25, 0.3) is 0 Å². The Bertz CT molecular complexity index is 1130. The number of carbonyl (C=O) groups is 1. The van der Waals surface area contributed by atoms with Crippen molar-refractivity contribution in [2.75, 3.05) is 13.1 Å². The van der Waals surface area contributed by atoms with Gasteiger partial charge in [0.1, 0.15) is 5.69 Å². The van der Waals surface area contributed by atoms with E-state index in [4.69, 9.17) is 0 Å².